The summed E-state index contributed by atoms with van der Waals surface area (Å²) in [6.07, 6.45) is 9.17. The van der Waals surface area contributed by atoms with Crippen LogP contribution in [0.4, 0.5) is 0 Å². The summed E-state index contributed by atoms with van der Waals surface area (Å²) in [5, 5.41) is 0. The van der Waals surface area contributed by atoms with Gasteiger partial charge in [0.25, 0.3) is 0 Å². The molecular formula is C11H14. The van der Waals surface area contributed by atoms with Crippen molar-refractivity contribution in [3.63, 3.8) is 0 Å². The highest BCUT2D eigenvalue weighted by atomic mass is 14.4. The van der Waals surface area contributed by atoms with Crippen LogP contribution in [-0.4, -0.2) is 0 Å². The zero-order valence-corrected chi connectivity index (χ0v) is 6.79. The first kappa shape index (κ1) is 6.90. The first-order valence-corrected chi connectivity index (χ1v) is 4.32. The van der Waals surface area contributed by atoms with Gasteiger partial charge in [-0.25, -0.2) is 0 Å². The van der Waals surface area contributed by atoms with Crippen LogP contribution in [0.25, 0.3) is 0 Å². The summed E-state index contributed by atoms with van der Waals surface area (Å²) in [4.78, 5) is 0. The van der Waals surface area contributed by atoms with Gasteiger partial charge in [0.15, 0.2) is 0 Å². The molecule has 3 atom stereocenters. The maximum atomic E-state index is 3.86. The van der Waals surface area contributed by atoms with Crippen molar-refractivity contribution in [2.45, 2.75) is 12.8 Å². The SMILES string of the molecule is C=CC1=CC2CC1CC2C=C. The Labute approximate surface area is 68.3 Å². The number of hydrogen-bond acceptors (Lipinski definition) is 0. The first-order valence-electron chi connectivity index (χ1n) is 4.32. The Morgan fingerprint density at radius 1 is 1.36 bits per heavy atom. The Hall–Kier alpha value is -0.780. The fraction of sp³-hybridized carbons (Fsp3) is 0.455. The van der Waals surface area contributed by atoms with E-state index in [0.29, 0.717) is 0 Å². The van der Waals surface area contributed by atoms with E-state index in [2.05, 4.69) is 25.3 Å². The number of rotatable bonds is 2. The Morgan fingerprint density at radius 2 is 2.18 bits per heavy atom. The van der Waals surface area contributed by atoms with Crippen molar-refractivity contribution in [3.05, 3.63) is 37.0 Å². The van der Waals surface area contributed by atoms with Crippen LogP contribution in [0, 0.1) is 17.8 Å². The largest absolute Gasteiger partial charge is 0.103 e. The molecule has 0 amide bonds. The lowest BCUT2D eigenvalue weighted by Crippen LogP contribution is -2.04. The lowest BCUT2D eigenvalue weighted by Gasteiger charge is -2.15. The van der Waals surface area contributed by atoms with Crippen LogP contribution in [0.2, 0.25) is 0 Å². The molecular weight excluding hydrogens is 132 g/mol. The zero-order valence-electron chi connectivity index (χ0n) is 6.79. The summed E-state index contributed by atoms with van der Waals surface area (Å²) in [5.74, 6) is 2.34. The highest BCUT2D eigenvalue weighted by molar-refractivity contribution is 5.30. The quantitative estimate of drug-likeness (QED) is 0.525. The van der Waals surface area contributed by atoms with E-state index >= 15 is 0 Å². The predicted molar refractivity (Wildman–Crippen MR) is 48.2 cm³/mol. The van der Waals surface area contributed by atoms with Crippen LogP contribution in [0.15, 0.2) is 37.0 Å². The third-order valence-electron chi connectivity index (χ3n) is 3.08. The third kappa shape index (κ3) is 0.891. The summed E-state index contributed by atoms with van der Waals surface area (Å²) in [5.41, 5.74) is 1.48. The van der Waals surface area contributed by atoms with Gasteiger partial charge in [0.1, 0.15) is 0 Å². The molecule has 0 N–H and O–H groups in total. The highest BCUT2D eigenvalue weighted by Crippen LogP contribution is 2.48. The molecule has 0 nitrogen and oxygen atoms in total. The second kappa shape index (κ2) is 2.37. The molecule has 2 rings (SSSR count). The second-order valence-corrected chi connectivity index (χ2v) is 3.60. The lowest BCUT2D eigenvalue weighted by molar-refractivity contribution is 0.546. The van der Waals surface area contributed by atoms with E-state index in [1.165, 1.54) is 18.4 Å². The maximum absolute atomic E-state index is 3.86. The minimum atomic E-state index is 0.753. The Kier molecular flexibility index (Phi) is 1.49. The maximum Gasteiger partial charge on any atom is -0.0154 e. The monoisotopic (exact) mass is 146 g/mol. The number of fused-ring (bicyclic) bond motifs is 2. The van der Waals surface area contributed by atoms with E-state index in [4.69, 9.17) is 0 Å². The van der Waals surface area contributed by atoms with E-state index in [9.17, 15) is 0 Å². The molecule has 0 heterocycles. The van der Waals surface area contributed by atoms with Crippen molar-refractivity contribution in [1.29, 1.82) is 0 Å². The molecule has 11 heavy (non-hydrogen) atoms. The third-order valence-corrected chi connectivity index (χ3v) is 3.08. The van der Waals surface area contributed by atoms with Gasteiger partial charge >= 0.3 is 0 Å². The zero-order chi connectivity index (χ0) is 7.84. The molecule has 0 saturated heterocycles. The summed E-state index contributed by atoms with van der Waals surface area (Å²) in [6.45, 7) is 7.68. The van der Waals surface area contributed by atoms with Crippen molar-refractivity contribution in [2.75, 3.05) is 0 Å². The number of hydrogen-bond donors (Lipinski definition) is 0. The van der Waals surface area contributed by atoms with Crippen molar-refractivity contribution < 1.29 is 0 Å². The molecule has 3 unspecified atom stereocenters. The molecule has 0 aromatic heterocycles. The molecule has 0 heteroatoms. The van der Waals surface area contributed by atoms with Gasteiger partial charge in [0, 0.05) is 0 Å². The van der Waals surface area contributed by atoms with Crippen molar-refractivity contribution >= 4 is 0 Å². The van der Waals surface area contributed by atoms with Gasteiger partial charge in [-0.15, -0.1) is 6.58 Å². The molecule has 0 aliphatic heterocycles. The summed E-state index contributed by atoms with van der Waals surface area (Å²) in [6, 6.07) is 0. The van der Waals surface area contributed by atoms with E-state index < -0.39 is 0 Å². The van der Waals surface area contributed by atoms with Gasteiger partial charge in [0.05, 0.1) is 0 Å². The molecule has 0 spiro atoms. The van der Waals surface area contributed by atoms with Crippen LogP contribution >= 0.6 is 0 Å². The molecule has 2 aliphatic rings. The lowest BCUT2D eigenvalue weighted by atomic mass is 9.90. The standard InChI is InChI=1S/C11H14/c1-3-8-5-11-7-10(8)6-9(11)4-2/h3-5,9-11H,1-2,6-7H2. The highest BCUT2D eigenvalue weighted by Gasteiger charge is 2.37. The second-order valence-electron chi connectivity index (χ2n) is 3.60. The molecule has 1 fully saturated rings. The first-order chi connectivity index (χ1) is 5.35. The molecule has 0 aromatic carbocycles. The van der Waals surface area contributed by atoms with Gasteiger partial charge in [-0.2, -0.15) is 0 Å². The fourth-order valence-corrected chi connectivity index (χ4v) is 2.46. The molecule has 1 saturated carbocycles. The Bertz CT molecular complexity index is 222. The molecule has 0 aromatic rings. The van der Waals surface area contributed by atoms with Gasteiger partial charge in [0.2, 0.25) is 0 Å². The summed E-state index contributed by atoms with van der Waals surface area (Å²) < 4.78 is 0. The topological polar surface area (TPSA) is 0 Å². The van der Waals surface area contributed by atoms with E-state index in [-0.39, 0.29) is 0 Å². The fourth-order valence-electron chi connectivity index (χ4n) is 2.46. The van der Waals surface area contributed by atoms with Gasteiger partial charge < -0.3 is 0 Å². The van der Waals surface area contributed by atoms with Gasteiger partial charge in [-0.3, -0.25) is 0 Å². The predicted octanol–water partition coefficient (Wildman–Crippen LogP) is 2.94. The smallest absolute Gasteiger partial charge is 0.0154 e. The van der Waals surface area contributed by atoms with Crippen LogP contribution < -0.4 is 0 Å². The molecule has 2 aliphatic carbocycles. The minimum absolute atomic E-state index is 0.753. The van der Waals surface area contributed by atoms with Gasteiger partial charge in [-0.05, 0) is 36.2 Å². The van der Waals surface area contributed by atoms with E-state index in [1.807, 2.05) is 6.08 Å². The van der Waals surface area contributed by atoms with Gasteiger partial charge in [-0.1, -0.05) is 24.8 Å². The summed E-state index contributed by atoms with van der Waals surface area (Å²) >= 11 is 0. The average Bonchev–Trinajstić information content (AvgIpc) is 2.60. The van der Waals surface area contributed by atoms with E-state index in [1.54, 1.807) is 0 Å². The van der Waals surface area contributed by atoms with Crippen molar-refractivity contribution in [1.82, 2.24) is 0 Å². The summed E-state index contributed by atoms with van der Waals surface area (Å²) in [7, 11) is 0. The number of allylic oxidation sites excluding steroid dienone is 4. The molecule has 0 radical (unpaired) electrons. The molecule has 58 valence electrons. The normalized spacial score (nSPS) is 40.4. The molecule has 2 bridgehead atoms. The van der Waals surface area contributed by atoms with Crippen LogP contribution in [0.1, 0.15) is 12.8 Å². The average molecular weight is 146 g/mol. The van der Waals surface area contributed by atoms with Crippen LogP contribution in [-0.2, 0) is 0 Å². The Balaban J connectivity index is 2.21. The van der Waals surface area contributed by atoms with E-state index in [0.717, 1.165) is 17.8 Å². The Morgan fingerprint density at radius 3 is 2.64 bits per heavy atom. The van der Waals surface area contributed by atoms with Crippen molar-refractivity contribution in [2.24, 2.45) is 17.8 Å². The van der Waals surface area contributed by atoms with Crippen molar-refractivity contribution in [3.8, 4) is 0 Å². The minimum Gasteiger partial charge on any atom is -0.103 e. The van der Waals surface area contributed by atoms with Crippen LogP contribution in [0.5, 0.6) is 0 Å². The van der Waals surface area contributed by atoms with Crippen LogP contribution in [0.3, 0.4) is 0 Å².